The van der Waals surface area contributed by atoms with Crippen LogP contribution in [0.3, 0.4) is 0 Å². The van der Waals surface area contributed by atoms with Crippen molar-refractivity contribution in [2.24, 2.45) is 0 Å². The van der Waals surface area contributed by atoms with Gasteiger partial charge in [0.2, 0.25) is 0 Å². The molecule has 23 heavy (non-hydrogen) atoms. The predicted molar refractivity (Wildman–Crippen MR) is 93.8 cm³/mol. The third kappa shape index (κ3) is 2.91. The van der Waals surface area contributed by atoms with E-state index in [0.717, 1.165) is 18.5 Å². The van der Waals surface area contributed by atoms with Crippen LogP contribution >= 0.6 is 0 Å². The zero-order valence-electron chi connectivity index (χ0n) is 13.6. The van der Waals surface area contributed by atoms with Gasteiger partial charge in [0.25, 0.3) is 0 Å². The Labute approximate surface area is 138 Å². The molecule has 0 unspecified atom stereocenters. The summed E-state index contributed by atoms with van der Waals surface area (Å²) in [7, 11) is 0. The van der Waals surface area contributed by atoms with Crippen LogP contribution in [0.2, 0.25) is 0 Å². The molecule has 1 spiro atoms. The van der Waals surface area contributed by atoms with Crippen LogP contribution in [-0.4, -0.2) is 5.60 Å². The van der Waals surface area contributed by atoms with Crippen molar-refractivity contribution >= 4 is 5.70 Å². The average molecular weight is 305 g/mol. The summed E-state index contributed by atoms with van der Waals surface area (Å²) < 4.78 is 0. The van der Waals surface area contributed by atoms with E-state index in [1.807, 2.05) is 0 Å². The maximum absolute atomic E-state index is 6.02. The molecular weight excluding hydrogens is 282 g/mol. The van der Waals surface area contributed by atoms with Crippen molar-refractivity contribution in [3.8, 4) is 0 Å². The van der Waals surface area contributed by atoms with Crippen LogP contribution in [0.5, 0.6) is 0 Å². The van der Waals surface area contributed by atoms with Crippen molar-refractivity contribution in [2.75, 3.05) is 0 Å². The van der Waals surface area contributed by atoms with Gasteiger partial charge in [-0.3, -0.25) is 10.3 Å². The first kappa shape index (κ1) is 14.5. The normalized spacial score (nSPS) is 26.8. The molecule has 1 aliphatic heterocycles. The summed E-state index contributed by atoms with van der Waals surface area (Å²) in [5.41, 5.74) is 8.12. The molecule has 1 aliphatic carbocycles. The summed E-state index contributed by atoms with van der Waals surface area (Å²) in [6, 6.07) is 19.5. The average Bonchev–Trinajstić information content (AvgIpc) is 3.01. The second-order valence-corrected chi connectivity index (χ2v) is 6.88. The summed E-state index contributed by atoms with van der Waals surface area (Å²) in [5, 5.41) is 0. The van der Waals surface area contributed by atoms with Gasteiger partial charge in [0.15, 0.2) is 0 Å². The first-order valence-electron chi connectivity index (χ1n) is 8.53. The van der Waals surface area contributed by atoms with Gasteiger partial charge < -0.3 is 0 Å². The van der Waals surface area contributed by atoms with E-state index in [-0.39, 0.29) is 5.60 Å². The zero-order valence-corrected chi connectivity index (χ0v) is 13.6. The maximum Gasteiger partial charge on any atom is 0.116 e. The quantitative estimate of drug-likeness (QED) is 0.846. The van der Waals surface area contributed by atoms with E-state index in [1.54, 1.807) is 0 Å². The van der Waals surface area contributed by atoms with Gasteiger partial charge >= 0.3 is 0 Å². The topological polar surface area (TPSA) is 21.3 Å². The van der Waals surface area contributed by atoms with Crippen molar-refractivity contribution in [3.05, 3.63) is 77.4 Å². The first-order valence-corrected chi connectivity index (χ1v) is 8.53. The van der Waals surface area contributed by atoms with E-state index in [1.165, 1.54) is 29.5 Å². The second-order valence-electron chi connectivity index (χ2n) is 6.88. The van der Waals surface area contributed by atoms with E-state index in [9.17, 15) is 0 Å². The Morgan fingerprint density at radius 3 is 2.35 bits per heavy atom. The Morgan fingerprint density at radius 1 is 0.957 bits per heavy atom. The SMILES string of the molecule is Cc1ccc(C2=CC3(CCC(c4ccccc4)CC3)ON2)cc1. The molecule has 0 saturated heterocycles. The molecule has 2 heteroatoms. The smallest absolute Gasteiger partial charge is 0.116 e. The molecule has 0 radical (unpaired) electrons. The van der Waals surface area contributed by atoms with Gasteiger partial charge in [-0.1, -0.05) is 60.2 Å². The van der Waals surface area contributed by atoms with Crippen LogP contribution in [0.25, 0.3) is 5.70 Å². The monoisotopic (exact) mass is 305 g/mol. The van der Waals surface area contributed by atoms with E-state index in [0.29, 0.717) is 5.92 Å². The molecule has 1 heterocycles. The largest absolute Gasteiger partial charge is 0.266 e. The van der Waals surface area contributed by atoms with Crippen molar-refractivity contribution in [3.63, 3.8) is 0 Å². The minimum Gasteiger partial charge on any atom is -0.266 e. The summed E-state index contributed by atoms with van der Waals surface area (Å²) in [6.45, 7) is 2.11. The number of benzene rings is 2. The molecule has 4 rings (SSSR count). The third-order valence-corrected chi connectivity index (χ3v) is 5.24. The Morgan fingerprint density at radius 2 is 1.65 bits per heavy atom. The maximum atomic E-state index is 6.02. The van der Waals surface area contributed by atoms with Gasteiger partial charge in [-0.05, 0) is 55.7 Å². The van der Waals surface area contributed by atoms with E-state index >= 15 is 0 Å². The van der Waals surface area contributed by atoms with Crippen molar-refractivity contribution < 1.29 is 4.84 Å². The fourth-order valence-electron chi connectivity index (χ4n) is 3.77. The van der Waals surface area contributed by atoms with Crippen LogP contribution in [0.1, 0.15) is 48.3 Å². The highest BCUT2D eigenvalue weighted by Crippen LogP contribution is 2.43. The van der Waals surface area contributed by atoms with E-state index in [2.05, 4.69) is 73.1 Å². The zero-order chi connectivity index (χ0) is 15.7. The molecule has 2 nitrogen and oxygen atoms in total. The molecule has 2 aromatic rings. The van der Waals surface area contributed by atoms with Crippen LogP contribution in [0.4, 0.5) is 0 Å². The molecule has 2 aromatic carbocycles. The van der Waals surface area contributed by atoms with Gasteiger partial charge in [0.1, 0.15) is 5.60 Å². The van der Waals surface area contributed by atoms with Gasteiger partial charge in [-0.25, -0.2) is 0 Å². The lowest BCUT2D eigenvalue weighted by Crippen LogP contribution is -2.34. The Hall–Kier alpha value is -2.06. The van der Waals surface area contributed by atoms with Crippen molar-refractivity contribution in [1.82, 2.24) is 5.48 Å². The Kier molecular flexibility index (Phi) is 3.70. The summed E-state index contributed by atoms with van der Waals surface area (Å²) in [4.78, 5) is 6.02. The number of nitrogens with one attached hydrogen (secondary N) is 1. The predicted octanol–water partition coefficient (Wildman–Crippen LogP) is 4.97. The summed E-state index contributed by atoms with van der Waals surface area (Å²) >= 11 is 0. The van der Waals surface area contributed by atoms with Crippen molar-refractivity contribution in [1.29, 1.82) is 0 Å². The summed E-state index contributed by atoms with van der Waals surface area (Å²) in [6.07, 6.45) is 6.83. The fraction of sp³-hybridized carbons (Fsp3) is 0.333. The third-order valence-electron chi connectivity index (χ3n) is 5.24. The number of rotatable bonds is 2. The molecule has 118 valence electrons. The molecule has 0 aromatic heterocycles. The lowest BCUT2D eigenvalue weighted by Gasteiger charge is -2.34. The molecular formula is C21H23NO. The second kappa shape index (κ2) is 5.86. The highest BCUT2D eigenvalue weighted by Gasteiger charge is 2.39. The molecule has 1 fully saturated rings. The lowest BCUT2D eigenvalue weighted by molar-refractivity contribution is -0.0585. The van der Waals surface area contributed by atoms with Crippen LogP contribution in [-0.2, 0) is 4.84 Å². The highest BCUT2D eigenvalue weighted by atomic mass is 16.7. The summed E-state index contributed by atoms with van der Waals surface area (Å²) in [5.74, 6) is 0.669. The minimum atomic E-state index is -0.120. The standard InChI is InChI=1S/C21H23NO/c1-16-7-9-19(10-8-16)20-15-21(23-22-20)13-11-18(12-14-21)17-5-3-2-4-6-17/h2-10,15,18,22H,11-14H2,1H3. The van der Waals surface area contributed by atoms with E-state index in [4.69, 9.17) is 4.84 Å². The Bertz CT molecular complexity index is 694. The fourth-order valence-corrected chi connectivity index (χ4v) is 3.77. The first-order chi connectivity index (χ1) is 11.2. The molecule has 0 atom stereocenters. The van der Waals surface area contributed by atoms with Crippen LogP contribution in [0, 0.1) is 6.92 Å². The number of aryl methyl sites for hydroxylation is 1. The molecule has 1 N–H and O–H groups in total. The van der Waals surface area contributed by atoms with Gasteiger partial charge in [-0.15, -0.1) is 0 Å². The molecule has 0 amide bonds. The Balaban J connectivity index is 1.48. The van der Waals surface area contributed by atoms with Crippen LogP contribution in [0.15, 0.2) is 60.7 Å². The van der Waals surface area contributed by atoms with Crippen LogP contribution < -0.4 is 5.48 Å². The number of hydrogen-bond acceptors (Lipinski definition) is 2. The molecule has 2 aliphatic rings. The lowest BCUT2D eigenvalue weighted by atomic mass is 9.76. The van der Waals surface area contributed by atoms with Gasteiger partial charge in [0, 0.05) is 0 Å². The minimum absolute atomic E-state index is 0.120. The van der Waals surface area contributed by atoms with E-state index < -0.39 is 0 Å². The number of hydrogen-bond donors (Lipinski definition) is 1. The number of hydroxylamine groups is 1. The van der Waals surface area contributed by atoms with Gasteiger partial charge in [0.05, 0.1) is 5.70 Å². The molecule has 1 saturated carbocycles. The molecule has 0 bridgehead atoms. The van der Waals surface area contributed by atoms with Gasteiger partial charge in [-0.2, -0.15) is 0 Å². The highest BCUT2D eigenvalue weighted by molar-refractivity contribution is 5.66. The van der Waals surface area contributed by atoms with Crippen molar-refractivity contribution in [2.45, 2.75) is 44.1 Å².